The first-order valence-corrected chi connectivity index (χ1v) is 6.17. The van der Waals surface area contributed by atoms with Gasteiger partial charge >= 0.3 is 0 Å². The molecule has 6 heteroatoms. The summed E-state index contributed by atoms with van der Waals surface area (Å²) < 4.78 is 5.34. The van der Waals surface area contributed by atoms with Gasteiger partial charge in [-0.05, 0) is 31.4 Å². The Morgan fingerprint density at radius 1 is 1.62 bits per heavy atom. The zero-order valence-corrected chi connectivity index (χ0v) is 10.6. The van der Waals surface area contributed by atoms with E-state index in [0.717, 1.165) is 24.6 Å². The molecule has 1 fully saturated rings. The van der Waals surface area contributed by atoms with E-state index >= 15 is 0 Å². The number of carbonyl (C=O) groups is 1. The lowest BCUT2D eigenvalue weighted by molar-refractivity contribution is 0.0907. The van der Waals surface area contributed by atoms with Crippen LogP contribution in [0.2, 0.25) is 0 Å². The lowest BCUT2D eigenvalue weighted by Crippen LogP contribution is -2.35. The third-order valence-corrected chi connectivity index (χ3v) is 3.02. The molecule has 0 radical (unpaired) electrons. The molecule has 1 aliphatic rings. The zero-order chi connectivity index (χ0) is 10.7. The van der Waals surface area contributed by atoms with Crippen molar-refractivity contribution in [2.45, 2.75) is 17.6 Å². The summed E-state index contributed by atoms with van der Waals surface area (Å²) >= 11 is 1.49. The molecule has 0 bridgehead atoms. The second-order valence-electron chi connectivity index (χ2n) is 3.49. The summed E-state index contributed by atoms with van der Waals surface area (Å²) in [4.78, 5) is 11.7. The summed E-state index contributed by atoms with van der Waals surface area (Å²) in [6.45, 7) is 1.82. The minimum atomic E-state index is -0.121. The lowest BCUT2D eigenvalue weighted by Gasteiger charge is -2.09. The van der Waals surface area contributed by atoms with E-state index in [0.29, 0.717) is 5.76 Å². The largest absolute Gasteiger partial charge is 0.445 e. The molecule has 2 N–H and O–H groups in total. The maximum Gasteiger partial charge on any atom is 0.287 e. The van der Waals surface area contributed by atoms with E-state index < -0.39 is 0 Å². The molecule has 90 valence electrons. The van der Waals surface area contributed by atoms with Crippen LogP contribution in [0.4, 0.5) is 0 Å². The smallest absolute Gasteiger partial charge is 0.287 e. The summed E-state index contributed by atoms with van der Waals surface area (Å²) in [5, 5.41) is 6.89. The minimum Gasteiger partial charge on any atom is -0.445 e. The first-order chi connectivity index (χ1) is 7.29. The third-order valence-electron chi connectivity index (χ3n) is 2.40. The fourth-order valence-corrected chi connectivity index (χ4v) is 1.96. The van der Waals surface area contributed by atoms with Crippen molar-refractivity contribution in [2.75, 3.05) is 19.3 Å². The Morgan fingerprint density at radius 3 is 3.00 bits per heavy atom. The Bertz CT molecular complexity index is 350. The summed E-state index contributed by atoms with van der Waals surface area (Å²) in [7, 11) is 0. The van der Waals surface area contributed by atoms with Crippen molar-refractivity contribution in [3.05, 3.63) is 17.9 Å². The number of hydrogen-bond donors (Lipinski definition) is 2. The highest BCUT2D eigenvalue weighted by molar-refractivity contribution is 7.98. The molecule has 0 spiro atoms. The fraction of sp³-hybridized carbons (Fsp3) is 0.500. The van der Waals surface area contributed by atoms with Crippen molar-refractivity contribution in [3.63, 3.8) is 0 Å². The normalized spacial score (nSPS) is 19.2. The van der Waals surface area contributed by atoms with E-state index in [4.69, 9.17) is 4.42 Å². The maximum atomic E-state index is 11.7. The number of hydrogen-bond acceptors (Lipinski definition) is 4. The number of thioether (sulfide) groups is 1. The Morgan fingerprint density at radius 2 is 2.44 bits per heavy atom. The van der Waals surface area contributed by atoms with E-state index in [1.807, 2.05) is 12.3 Å². The second kappa shape index (κ2) is 6.18. The Balaban J connectivity index is 0.00000128. The van der Waals surface area contributed by atoms with Crippen LogP contribution in [0.1, 0.15) is 17.0 Å². The number of rotatable bonds is 3. The van der Waals surface area contributed by atoms with Crippen LogP contribution in [-0.2, 0) is 0 Å². The van der Waals surface area contributed by atoms with Gasteiger partial charge in [-0.3, -0.25) is 4.79 Å². The lowest BCUT2D eigenvalue weighted by atomic mass is 10.2. The highest BCUT2D eigenvalue weighted by Gasteiger charge is 2.19. The molecule has 1 amide bonds. The quantitative estimate of drug-likeness (QED) is 0.811. The van der Waals surface area contributed by atoms with E-state index in [-0.39, 0.29) is 24.4 Å². The van der Waals surface area contributed by atoms with Crippen LogP contribution in [0.25, 0.3) is 0 Å². The van der Waals surface area contributed by atoms with Crippen molar-refractivity contribution in [2.24, 2.45) is 0 Å². The van der Waals surface area contributed by atoms with E-state index in [2.05, 4.69) is 10.6 Å². The minimum absolute atomic E-state index is 0. The van der Waals surface area contributed by atoms with Gasteiger partial charge in [-0.2, -0.15) is 0 Å². The Labute approximate surface area is 105 Å². The first-order valence-electron chi connectivity index (χ1n) is 4.95. The van der Waals surface area contributed by atoms with Gasteiger partial charge in [0.15, 0.2) is 10.9 Å². The molecule has 2 rings (SSSR count). The molecule has 4 nitrogen and oxygen atoms in total. The second-order valence-corrected chi connectivity index (χ2v) is 4.30. The van der Waals surface area contributed by atoms with Crippen LogP contribution in [-0.4, -0.2) is 31.3 Å². The predicted octanol–water partition coefficient (Wildman–Crippen LogP) is 1.51. The predicted molar refractivity (Wildman–Crippen MR) is 66.5 cm³/mol. The van der Waals surface area contributed by atoms with Gasteiger partial charge in [-0.15, -0.1) is 12.4 Å². The average molecular weight is 263 g/mol. The van der Waals surface area contributed by atoms with Crippen molar-refractivity contribution < 1.29 is 9.21 Å². The molecule has 1 unspecified atom stereocenters. The topological polar surface area (TPSA) is 54.3 Å². The fourth-order valence-electron chi connectivity index (χ4n) is 1.59. The molecule has 1 aromatic rings. The van der Waals surface area contributed by atoms with Crippen LogP contribution < -0.4 is 10.6 Å². The number of carbonyl (C=O) groups excluding carboxylic acids is 1. The maximum absolute atomic E-state index is 11.7. The average Bonchev–Trinajstić information content (AvgIpc) is 2.86. The molecule has 0 saturated carbocycles. The highest BCUT2D eigenvalue weighted by atomic mass is 35.5. The van der Waals surface area contributed by atoms with E-state index in [1.54, 1.807) is 6.07 Å². The highest BCUT2D eigenvalue weighted by Crippen LogP contribution is 2.18. The number of halogens is 1. The standard InChI is InChI=1S/C10H14N2O2S.ClH/c1-15-9-3-2-8(14-9)10(13)12-7-4-5-11-6-7;/h2-3,7,11H,4-6H2,1H3,(H,12,13);1H. The monoisotopic (exact) mass is 262 g/mol. The Hall–Kier alpha value is -0.650. The van der Waals surface area contributed by atoms with E-state index in [9.17, 15) is 4.79 Å². The summed E-state index contributed by atoms with van der Waals surface area (Å²) in [5.41, 5.74) is 0. The van der Waals surface area contributed by atoms with Gasteiger partial charge in [0.2, 0.25) is 0 Å². The molecular formula is C10H15ClN2O2S. The van der Waals surface area contributed by atoms with Gasteiger partial charge in [0.05, 0.1) is 0 Å². The summed E-state index contributed by atoms with van der Waals surface area (Å²) in [6, 6.07) is 3.76. The SMILES string of the molecule is CSc1ccc(C(=O)NC2CCNC2)o1.Cl. The van der Waals surface area contributed by atoms with Gasteiger partial charge in [-0.25, -0.2) is 0 Å². The van der Waals surface area contributed by atoms with Crippen LogP contribution in [0.3, 0.4) is 0 Å². The third kappa shape index (κ3) is 3.17. The number of furan rings is 1. The van der Waals surface area contributed by atoms with Crippen LogP contribution in [0, 0.1) is 0 Å². The van der Waals surface area contributed by atoms with Crippen molar-refractivity contribution in [1.29, 1.82) is 0 Å². The molecule has 1 atom stereocenters. The van der Waals surface area contributed by atoms with Gasteiger partial charge in [0.25, 0.3) is 5.91 Å². The summed E-state index contributed by atoms with van der Waals surface area (Å²) in [5.74, 6) is 0.273. The molecule has 2 heterocycles. The van der Waals surface area contributed by atoms with Crippen LogP contribution in [0.5, 0.6) is 0 Å². The molecule has 0 aliphatic carbocycles. The molecule has 16 heavy (non-hydrogen) atoms. The van der Waals surface area contributed by atoms with Gasteiger partial charge < -0.3 is 15.1 Å². The molecule has 1 saturated heterocycles. The Kier molecular flexibility index (Phi) is 5.18. The van der Waals surface area contributed by atoms with Crippen LogP contribution >= 0.6 is 24.2 Å². The van der Waals surface area contributed by atoms with Gasteiger partial charge in [-0.1, -0.05) is 11.8 Å². The van der Waals surface area contributed by atoms with Crippen molar-refractivity contribution >= 4 is 30.1 Å². The molecule has 1 aromatic heterocycles. The first kappa shape index (κ1) is 13.4. The number of nitrogens with one attached hydrogen (secondary N) is 2. The van der Waals surface area contributed by atoms with Gasteiger partial charge in [0, 0.05) is 12.6 Å². The van der Waals surface area contributed by atoms with Gasteiger partial charge in [0.1, 0.15) is 0 Å². The van der Waals surface area contributed by atoms with Crippen LogP contribution in [0.15, 0.2) is 21.6 Å². The van der Waals surface area contributed by atoms with E-state index in [1.165, 1.54) is 11.8 Å². The molecular weight excluding hydrogens is 248 g/mol. The number of amides is 1. The summed E-state index contributed by atoms with van der Waals surface area (Å²) in [6.07, 6.45) is 2.91. The van der Waals surface area contributed by atoms with Crippen molar-refractivity contribution in [3.8, 4) is 0 Å². The zero-order valence-electron chi connectivity index (χ0n) is 8.99. The molecule has 0 aromatic carbocycles. The van der Waals surface area contributed by atoms with Crippen molar-refractivity contribution in [1.82, 2.24) is 10.6 Å². The molecule has 1 aliphatic heterocycles.